The molecule has 2 fully saturated rings. The second-order valence-corrected chi connectivity index (χ2v) is 8.94. The summed E-state index contributed by atoms with van der Waals surface area (Å²) in [7, 11) is 0. The first kappa shape index (κ1) is 26.7. The lowest BCUT2D eigenvalue weighted by Crippen LogP contribution is -2.60. The van der Waals surface area contributed by atoms with Gasteiger partial charge in [-0.15, -0.1) is 0 Å². The molecule has 12 nitrogen and oxygen atoms in total. The average molecular weight is 509 g/mol. The van der Waals surface area contributed by atoms with Crippen molar-refractivity contribution in [3.05, 3.63) is 48.5 Å². The Balaban J connectivity index is 1.38. The number of hydrogen-bond acceptors (Lipinski definition) is 12. The van der Waals surface area contributed by atoms with Crippen LogP contribution in [0.2, 0.25) is 0 Å². The van der Waals surface area contributed by atoms with Gasteiger partial charge in [-0.25, -0.2) is 0 Å². The number of anilines is 2. The fraction of sp³-hybridized carbons (Fsp3) is 0.500. The molecular formula is C24H32N2O10. The highest BCUT2D eigenvalue weighted by atomic mass is 16.6. The molecule has 4 rings (SSSR count). The smallest absolute Gasteiger partial charge is 0.157 e. The summed E-state index contributed by atoms with van der Waals surface area (Å²) in [5.74, 6) is 0. The van der Waals surface area contributed by atoms with E-state index in [4.69, 9.17) is 9.47 Å². The summed E-state index contributed by atoms with van der Waals surface area (Å²) in [6.07, 6.45) is -12.7. The zero-order valence-corrected chi connectivity index (χ0v) is 19.2. The van der Waals surface area contributed by atoms with Crippen molar-refractivity contribution in [3.8, 4) is 11.1 Å². The maximum atomic E-state index is 10.2. The molecule has 2 aliphatic heterocycles. The minimum atomic E-state index is -1.47. The number of nitrogens with one attached hydrogen (secondary N) is 2. The summed E-state index contributed by atoms with van der Waals surface area (Å²) in [4.78, 5) is 0. The maximum absolute atomic E-state index is 10.2. The third-order valence-corrected chi connectivity index (χ3v) is 6.51. The van der Waals surface area contributed by atoms with Gasteiger partial charge in [0.05, 0.1) is 13.2 Å². The van der Waals surface area contributed by atoms with E-state index in [1.165, 1.54) is 0 Å². The van der Waals surface area contributed by atoms with E-state index in [1.807, 2.05) is 24.3 Å². The van der Waals surface area contributed by atoms with Gasteiger partial charge in [0.2, 0.25) is 0 Å². The summed E-state index contributed by atoms with van der Waals surface area (Å²) < 4.78 is 10.9. The molecular weight excluding hydrogens is 476 g/mol. The van der Waals surface area contributed by atoms with Gasteiger partial charge in [-0.05, 0) is 35.4 Å². The Morgan fingerprint density at radius 3 is 1.14 bits per heavy atom. The molecule has 12 heteroatoms. The number of hydrogen-bond donors (Lipinski definition) is 10. The van der Waals surface area contributed by atoms with Crippen molar-refractivity contribution in [2.75, 3.05) is 23.8 Å². The molecule has 2 aliphatic rings. The van der Waals surface area contributed by atoms with Gasteiger partial charge in [0.15, 0.2) is 12.5 Å². The second-order valence-electron chi connectivity index (χ2n) is 8.94. The van der Waals surface area contributed by atoms with E-state index >= 15 is 0 Å². The zero-order valence-electron chi connectivity index (χ0n) is 19.2. The third-order valence-electron chi connectivity index (χ3n) is 6.51. The Kier molecular flexibility index (Phi) is 8.42. The van der Waals surface area contributed by atoms with Gasteiger partial charge in [0.25, 0.3) is 0 Å². The van der Waals surface area contributed by atoms with Crippen LogP contribution < -0.4 is 10.6 Å². The Bertz CT molecular complexity index is 894. The van der Waals surface area contributed by atoms with Crippen LogP contribution in [0.3, 0.4) is 0 Å². The van der Waals surface area contributed by atoms with E-state index in [2.05, 4.69) is 10.6 Å². The van der Waals surface area contributed by atoms with Crippen molar-refractivity contribution in [1.29, 1.82) is 0 Å². The van der Waals surface area contributed by atoms with Gasteiger partial charge in [-0.3, -0.25) is 0 Å². The Morgan fingerprint density at radius 2 is 0.833 bits per heavy atom. The Hall–Kier alpha value is -2.36. The topological polar surface area (TPSA) is 204 Å². The van der Waals surface area contributed by atoms with Crippen molar-refractivity contribution in [1.82, 2.24) is 0 Å². The van der Waals surface area contributed by atoms with Crippen LogP contribution in [0.15, 0.2) is 48.5 Å². The highest BCUT2D eigenvalue weighted by molar-refractivity contribution is 5.68. The number of rotatable bonds is 7. The number of benzene rings is 2. The summed E-state index contributed by atoms with van der Waals surface area (Å²) in [5.41, 5.74) is 2.91. The van der Waals surface area contributed by atoms with Crippen LogP contribution in [0.5, 0.6) is 0 Å². The highest BCUT2D eigenvalue weighted by Gasteiger charge is 2.44. The molecule has 36 heavy (non-hydrogen) atoms. The van der Waals surface area contributed by atoms with Crippen LogP contribution in [-0.4, -0.2) is 115 Å². The zero-order chi connectivity index (χ0) is 26.0. The maximum Gasteiger partial charge on any atom is 0.157 e. The molecule has 0 bridgehead atoms. The molecule has 0 radical (unpaired) electrons. The normalized spacial score (nSPS) is 36.9. The van der Waals surface area contributed by atoms with Crippen LogP contribution in [-0.2, 0) is 9.47 Å². The second kappa shape index (κ2) is 11.4. The predicted molar refractivity (Wildman–Crippen MR) is 127 cm³/mol. The summed E-state index contributed by atoms with van der Waals surface area (Å²) in [6.45, 7) is -1.02. The minimum absolute atomic E-state index is 0.511. The molecule has 0 aliphatic carbocycles. The van der Waals surface area contributed by atoms with Crippen molar-refractivity contribution in [2.24, 2.45) is 0 Å². The first-order chi connectivity index (χ1) is 17.2. The van der Waals surface area contributed by atoms with Gasteiger partial charge in [-0.1, -0.05) is 24.3 Å². The molecule has 10 N–H and O–H groups in total. The molecule has 198 valence electrons. The van der Waals surface area contributed by atoms with Crippen molar-refractivity contribution in [2.45, 2.75) is 61.3 Å². The van der Waals surface area contributed by atoms with E-state index in [-0.39, 0.29) is 0 Å². The van der Waals surface area contributed by atoms with E-state index in [0.717, 1.165) is 11.1 Å². The largest absolute Gasteiger partial charge is 0.394 e. The first-order valence-corrected chi connectivity index (χ1v) is 11.6. The molecule has 2 aromatic rings. The van der Waals surface area contributed by atoms with Crippen molar-refractivity contribution < 1.29 is 50.3 Å². The van der Waals surface area contributed by atoms with Crippen LogP contribution in [0.4, 0.5) is 11.4 Å². The molecule has 0 amide bonds. The summed E-state index contributed by atoms with van der Waals surface area (Å²) >= 11 is 0. The minimum Gasteiger partial charge on any atom is -0.394 e. The number of ether oxygens (including phenoxy) is 2. The van der Waals surface area contributed by atoms with Gasteiger partial charge < -0.3 is 61.0 Å². The number of aliphatic hydroxyl groups is 8. The van der Waals surface area contributed by atoms with Gasteiger partial charge in [0.1, 0.15) is 48.8 Å². The standard InChI is InChI=1S/C24H32N2O10/c27-9-15-17(29)19(31)21(33)23(35-15)25-13-5-1-11(2-6-13)12-3-7-14(8-4-12)26-24-22(34)20(32)18(30)16(10-28)36-24/h1-8,15-34H,9-10H2/t15-,16+,17-,18-,19-,20-,21+,22-,23-,24+/m0/s1. The lowest BCUT2D eigenvalue weighted by atomic mass is 9.98. The Labute approximate surface area is 207 Å². The first-order valence-electron chi connectivity index (χ1n) is 11.6. The van der Waals surface area contributed by atoms with Gasteiger partial charge >= 0.3 is 0 Å². The quantitative estimate of drug-likeness (QED) is 0.193. The third kappa shape index (κ3) is 5.48. The molecule has 2 aromatic carbocycles. The molecule has 0 unspecified atom stereocenters. The summed E-state index contributed by atoms with van der Waals surface area (Å²) in [5, 5.41) is 84.6. The van der Waals surface area contributed by atoms with E-state index in [9.17, 15) is 40.9 Å². The predicted octanol–water partition coefficient (Wildman–Crippen LogP) is -2.22. The van der Waals surface area contributed by atoms with Crippen LogP contribution in [0, 0.1) is 0 Å². The Morgan fingerprint density at radius 1 is 0.500 bits per heavy atom. The molecule has 0 spiro atoms. The van der Waals surface area contributed by atoms with E-state index in [0.29, 0.717) is 11.4 Å². The monoisotopic (exact) mass is 508 g/mol. The van der Waals surface area contributed by atoms with Gasteiger partial charge in [-0.2, -0.15) is 0 Å². The van der Waals surface area contributed by atoms with Crippen LogP contribution in [0.25, 0.3) is 11.1 Å². The fourth-order valence-corrected chi connectivity index (χ4v) is 4.29. The fourth-order valence-electron chi connectivity index (χ4n) is 4.29. The molecule has 0 saturated carbocycles. The van der Waals surface area contributed by atoms with Crippen molar-refractivity contribution in [3.63, 3.8) is 0 Å². The van der Waals surface area contributed by atoms with Gasteiger partial charge in [0, 0.05) is 11.4 Å². The molecule has 0 aromatic heterocycles. The molecule has 2 heterocycles. The average Bonchev–Trinajstić information content (AvgIpc) is 2.90. The van der Waals surface area contributed by atoms with Crippen LogP contribution in [0.1, 0.15) is 0 Å². The highest BCUT2D eigenvalue weighted by Crippen LogP contribution is 2.28. The van der Waals surface area contributed by atoms with E-state index in [1.54, 1.807) is 24.3 Å². The van der Waals surface area contributed by atoms with Crippen LogP contribution >= 0.6 is 0 Å². The number of aliphatic hydroxyl groups excluding tert-OH is 8. The summed E-state index contributed by atoms with van der Waals surface area (Å²) in [6, 6.07) is 14.3. The lowest BCUT2D eigenvalue weighted by molar-refractivity contribution is -0.221. The SMILES string of the molecule is OC[C@@H]1O[C@H](Nc2ccc(-c3ccc(N[C@@H]4O[C@H](CO)[C@H](O)[C@H](O)[C@@H]4O)cc3)cc2)[C@H](O)[C@@H](O)[C@H]1O. The van der Waals surface area contributed by atoms with E-state index < -0.39 is 74.5 Å². The molecule has 2 saturated heterocycles. The van der Waals surface area contributed by atoms with Crippen molar-refractivity contribution >= 4 is 11.4 Å². The molecule has 10 atom stereocenters. The lowest BCUT2D eigenvalue weighted by Gasteiger charge is -2.40.